The average Bonchev–Trinajstić information content (AvgIpc) is 2.81. The van der Waals surface area contributed by atoms with E-state index in [-0.39, 0.29) is 30.3 Å². The van der Waals surface area contributed by atoms with Crippen molar-refractivity contribution in [1.82, 2.24) is 15.0 Å². The van der Waals surface area contributed by atoms with E-state index in [0.717, 1.165) is 4.57 Å². The number of benzene rings is 1. The van der Waals surface area contributed by atoms with E-state index in [1.165, 1.54) is 11.5 Å². The van der Waals surface area contributed by atoms with Gasteiger partial charge in [-0.05, 0) is 30.4 Å². The summed E-state index contributed by atoms with van der Waals surface area (Å²) in [5, 5.41) is 19.1. The van der Waals surface area contributed by atoms with Gasteiger partial charge in [0.2, 0.25) is 5.88 Å². The topological polar surface area (TPSA) is 107 Å². The molecular weight excluding hydrogens is 317 g/mol. The summed E-state index contributed by atoms with van der Waals surface area (Å²) in [5.74, 6) is -1.91. The van der Waals surface area contributed by atoms with Crippen LogP contribution in [0, 0.1) is 11.7 Å². The molecule has 1 atom stereocenters. The number of carbonyl (C=O) groups is 1. The van der Waals surface area contributed by atoms with Crippen LogP contribution < -0.4 is 11.2 Å². The molecule has 2 rings (SSSR count). The lowest BCUT2D eigenvalue weighted by Crippen LogP contribution is -2.37. The number of hydrogen-bond donors (Lipinski definition) is 4. The summed E-state index contributed by atoms with van der Waals surface area (Å²) in [5.41, 5.74) is 1.50. The third-order valence-corrected chi connectivity index (χ3v) is 3.87. The number of H-pyrrole nitrogens is 1. The standard InChI is InChI=1S/C16H20FN3O4/c1-9(2)13(14(21)19-24)20-15(22)12(18-16(20)23)8-7-10-5-3-4-6-11(10)17/h3-6,9,13,22,24H,7-8H2,1-2H3,(H,18,23)(H,19,21). The first-order valence-corrected chi connectivity index (χ1v) is 7.56. The number of halogens is 1. The number of hydroxylamine groups is 1. The number of amides is 1. The third kappa shape index (κ3) is 3.48. The van der Waals surface area contributed by atoms with Gasteiger partial charge in [-0.1, -0.05) is 32.0 Å². The highest BCUT2D eigenvalue weighted by molar-refractivity contribution is 5.79. The van der Waals surface area contributed by atoms with Crippen molar-refractivity contribution in [3.05, 3.63) is 51.8 Å². The predicted molar refractivity (Wildman–Crippen MR) is 84.3 cm³/mol. The molecule has 4 N–H and O–H groups in total. The summed E-state index contributed by atoms with van der Waals surface area (Å²) < 4.78 is 14.5. The first kappa shape index (κ1) is 17.7. The summed E-state index contributed by atoms with van der Waals surface area (Å²) in [6.07, 6.45) is 0.472. The Morgan fingerprint density at radius 2 is 2.00 bits per heavy atom. The maximum atomic E-state index is 13.6. The molecular formula is C16H20FN3O4. The van der Waals surface area contributed by atoms with Gasteiger partial charge < -0.3 is 10.1 Å². The summed E-state index contributed by atoms with van der Waals surface area (Å²) in [6, 6.07) is 5.17. The van der Waals surface area contributed by atoms with E-state index < -0.39 is 23.5 Å². The molecule has 0 radical (unpaired) electrons. The van der Waals surface area contributed by atoms with Crippen LogP contribution in [0.15, 0.2) is 29.1 Å². The number of nitrogens with one attached hydrogen (secondary N) is 2. The molecule has 1 aromatic heterocycles. The van der Waals surface area contributed by atoms with Gasteiger partial charge in [-0.3, -0.25) is 14.6 Å². The molecule has 1 aromatic carbocycles. The molecule has 0 saturated heterocycles. The zero-order chi connectivity index (χ0) is 17.9. The minimum Gasteiger partial charge on any atom is -0.493 e. The van der Waals surface area contributed by atoms with Gasteiger partial charge in [-0.15, -0.1) is 0 Å². The highest BCUT2D eigenvalue weighted by atomic mass is 19.1. The van der Waals surface area contributed by atoms with E-state index in [1.807, 2.05) is 0 Å². The molecule has 1 unspecified atom stereocenters. The number of nitrogens with zero attached hydrogens (tertiary/aromatic N) is 1. The number of imidazole rings is 1. The lowest BCUT2D eigenvalue weighted by molar-refractivity contribution is -0.134. The molecule has 1 amide bonds. The van der Waals surface area contributed by atoms with E-state index in [1.54, 1.807) is 32.0 Å². The van der Waals surface area contributed by atoms with Gasteiger partial charge >= 0.3 is 5.69 Å². The third-order valence-electron chi connectivity index (χ3n) is 3.87. The van der Waals surface area contributed by atoms with Gasteiger partial charge in [0.1, 0.15) is 11.9 Å². The number of rotatable bonds is 6. The molecule has 0 fully saturated rings. The molecule has 0 saturated carbocycles. The quantitative estimate of drug-likeness (QED) is 0.473. The van der Waals surface area contributed by atoms with Gasteiger partial charge in [0.05, 0.1) is 5.69 Å². The van der Waals surface area contributed by atoms with Crippen molar-refractivity contribution in [3.8, 4) is 5.88 Å². The van der Waals surface area contributed by atoms with E-state index in [4.69, 9.17) is 5.21 Å². The maximum absolute atomic E-state index is 13.6. The summed E-state index contributed by atoms with van der Waals surface area (Å²) in [7, 11) is 0. The van der Waals surface area contributed by atoms with Crippen LogP contribution in [0.25, 0.3) is 0 Å². The Bertz CT molecular complexity index is 782. The van der Waals surface area contributed by atoms with Crippen LogP contribution in [0.5, 0.6) is 5.88 Å². The highest BCUT2D eigenvalue weighted by Gasteiger charge is 2.29. The van der Waals surface area contributed by atoms with Gasteiger partial charge in [-0.25, -0.2) is 14.7 Å². The number of carbonyl (C=O) groups excluding carboxylic acids is 1. The largest absolute Gasteiger partial charge is 0.493 e. The second kappa shape index (κ2) is 7.31. The highest BCUT2D eigenvalue weighted by Crippen LogP contribution is 2.25. The molecule has 7 nitrogen and oxygen atoms in total. The van der Waals surface area contributed by atoms with Crippen LogP contribution in [0.4, 0.5) is 4.39 Å². The summed E-state index contributed by atoms with van der Waals surface area (Å²) >= 11 is 0. The average molecular weight is 337 g/mol. The van der Waals surface area contributed by atoms with Crippen molar-refractivity contribution in [2.75, 3.05) is 0 Å². The Morgan fingerprint density at radius 3 is 2.58 bits per heavy atom. The molecule has 0 aliphatic heterocycles. The van der Waals surface area contributed by atoms with Crippen molar-refractivity contribution < 1.29 is 19.5 Å². The summed E-state index contributed by atoms with van der Waals surface area (Å²) in [6.45, 7) is 3.36. The zero-order valence-corrected chi connectivity index (χ0v) is 13.4. The number of hydrogen-bond acceptors (Lipinski definition) is 4. The number of aromatic nitrogens is 2. The molecule has 1 heterocycles. The Labute approximate surface area is 137 Å². The molecule has 0 bridgehead atoms. The predicted octanol–water partition coefficient (Wildman–Crippen LogP) is 1.51. The number of aromatic hydroxyl groups is 1. The van der Waals surface area contributed by atoms with E-state index in [2.05, 4.69) is 4.98 Å². The molecule has 0 aliphatic rings. The van der Waals surface area contributed by atoms with Crippen LogP contribution in [0.2, 0.25) is 0 Å². The monoisotopic (exact) mass is 337 g/mol. The molecule has 2 aromatic rings. The molecule has 24 heavy (non-hydrogen) atoms. The Kier molecular flexibility index (Phi) is 5.40. The van der Waals surface area contributed by atoms with Crippen molar-refractivity contribution in [2.24, 2.45) is 5.92 Å². The van der Waals surface area contributed by atoms with Gasteiger partial charge in [0.15, 0.2) is 0 Å². The fourth-order valence-corrected chi connectivity index (χ4v) is 2.66. The van der Waals surface area contributed by atoms with E-state index >= 15 is 0 Å². The fraction of sp³-hybridized carbons (Fsp3) is 0.375. The first-order valence-electron chi connectivity index (χ1n) is 7.56. The van der Waals surface area contributed by atoms with Crippen molar-refractivity contribution >= 4 is 5.91 Å². The van der Waals surface area contributed by atoms with Gasteiger partial charge in [0.25, 0.3) is 5.91 Å². The van der Waals surface area contributed by atoms with E-state index in [9.17, 15) is 19.1 Å². The fourth-order valence-electron chi connectivity index (χ4n) is 2.66. The molecule has 0 spiro atoms. The second-order valence-corrected chi connectivity index (χ2v) is 5.86. The van der Waals surface area contributed by atoms with Crippen molar-refractivity contribution in [3.63, 3.8) is 0 Å². The lowest BCUT2D eigenvalue weighted by Gasteiger charge is -2.19. The van der Waals surface area contributed by atoms with E-state index in [0.29, 0.717) is 5.56 Å². The minimum atomic E-state index is -1.07. The molecule has 130 valence electrons. The summed E-state index contributed by atoms with van der Waals surface area (Å²) in [4.78, 5) is 26.4. The Hall–Kier alpha value is -2.61. The zero-order valence-electron chi connectivity index (χ0n) is 13.4. The Morgan fingerprint density at radius 1 is 1.33 bits per heavy atom. The smallest absolute Gasteiger partial charge is 0.329 e. The van der Waals surface area contributed by atoms with Gasteiger partial charge in [0, 0.05) is 0 Å². The van der Waals surface area contributed by atoms with Crippen LogP contribution in [0.3, 0.4) is 0 Å². The second-order valence-electron chi connectivity index (χ2n) is 5.86. The minimum absolute atomic E-state index is 0.195. The van der Waals surface area contributed by atoms with Crippen LogP contribution >= 0.6 is 0 Å². The normalized spacial score (nSPS) is 12.4. The molecule has 0 aliphatic carbocycles. The van der Waals surface area contributed by atoms with Crippen LogP contribution in [-0.4, -0.2) is 25.8 Å². The number of aromatic amines is 1. The van der Waals surface area contributed by atoms with Crippen LogP contribution in [0.1, 0.15) is 31.1 Å². The lowest BCUT2D eigenvalue weighted by atomic mass is 10.0. The Balaban J connectivity index is 2.30. The number of aryl methyl sites for hydroxylation is 2. The van der Waals surface area contributed by atoms with Crippen LogP contribution in [-0.2, 0) is 17.6 Å². The van der Waals surface area contributed by atoms with Crippen molar-refractivity contribution in [2.45, 2.75) is 32.7 Å². The van der Waals surface area contributed by atoms with Gasteiger partial charge in [-0.2, -0.15) is 0 Å². The molecule has 8 heteroatoms. The van der Waals surface area contributed by atoms with Crippen molar-refractivity contribution in [1.29, 1.82) is 0 Å². The maximum Gasteiger partial charge on any atom is 0.329 e. The first-order chi connectivity index (χ1) is 11.4. The SMILES string of the molecule is CC(C)C(C(=O)NO)n1c(O)c(CCc2ccccc2F)[nH]c1=O.